The van der Waals surface area contributed by atoms with Crippen molar-refractivity contribution in [3.8, 4) is 17.0 Å². The Balaban J connectivity index is 1.87. The third-order valence-electron chi connectivity index (χ3n) is 3.69. The first-order valence-corrected chi connectivity index (χ1v) is 7.83. The lowest BCUT2D eigenvalue weighted by Gasteiger charge is -2.26. The molecule has 0 bridgehead atoms. The summed E-state index contributed by atoms with van der Waals surface area (Å²) >= 11 is 1.17. The molecule has 2 aromatic rings. The van der Waals surface area contributed by atoms with Crippen molar-refractivity contribution in [1.82, 2.24) is 14.5 Å². The maximum atomic E-state index is 12.6. The van der Waals surface area contributed by atoms with Crippen LogP contribution in [0.1, 0.15) is 28.9 Å². The van der Waals surface area contributed by atoms with Gasteiger partial charge in [-0.05, 0) is 55.1 Å². The Morgan fingerprint density at radius 1 is 1.19 bits per heavy atom. The average molecular weight is 303 g/mol. The summed E-state index contributed by atoms with van der Waals surface area (Å²) in [7, 11) is 1.63. The quantitative estimate of drug-likeness (QED) is 0.875. The zero-order valence-electron chi connectivity index (χ0n) is 11.9. The molecule has 1 amide bonds. The molecular weight excluding hydrogens is 286 g/mol. The Bertz CT molecular complexity index is 618. The van der Waals surface area contributed by atoms with Gasteiger partial charge >= 0.3 is 0 Å². The molecule has 0 N–H and O–H groups in total. The van der Waals surface area contributed by atoms with Crippen LogP contribution in [0, 0.1) is 0 Å². The van der Waals surface area contributed by atoms with Crippen LogP contribution in [0.3, 0.4) is 0 Å². The first kappa shape index (κ1) is 14.0. The summed E-state index contributed by atoms with van der Waals surface area (Å²) in [4.78, 5) is 15.1. The fourth-order valence-electron chi connectivity index (χ4n) is 2.51. The number of hydrogen-bond donors (Lipinski definition) is 0. The first-order chi connectivity index (χ1) is 10.3. The van der Waals surface area contributed by atoms with E-state index < -0.39 is 0 Å². The van der Waals surface area contributed by atoms with Crippen LogP contribution in [-0.2, 0) is 0 Å². The molecule has 0 aliphatic carbocycles. The number of amides is 1. The van der Waals surface area contributed by atoms with Gasteiger partial charge in [-0.1, -0.05) is 4.49 Å². The Kier molecular flexibility index (Phi) is 4.15. The minimum absolute atomic E-state index is 0.0514. The number of likely N-dealkylation sites (tertiary alicyclic amines) is 1. The molecule has 21 heavy (non-hydrogen) atoms. The van der Waals surface area contributed by atoms with Gasteiger partial charge in [0.1, 0.15) is 16.3 Å². The molecular formula is C15H17N3O2S. The molecule has 1 saturated heterocycles. The van der Waals surface area contributed by atoms with Crippen molar-refractivity contribution in [2.45, 2.75) is 19.3 Å². The number of methoxy groups -OCH3 is 1. The number of rotatable bonds is 3. The molecule has 110 valence electrons. The van der Waals surface area contributed by atoms with Crippen LogP contribution in [0.2, 0.25) is 0 Å². The fraction of sp³-hybridized carbons (Fsp3) is 0.400. The molecule has 3 rings (SSSR count). The van der Waals surface area contributed by atoms with E-state index in [0.717, 1.165) is 37.2 Å². The van der Waals surface area contributed by atoms with E-state index >= 15 is 0 Å². The monoisotopic (exact) mass is 303 g/mol. The van der Waals surface area contributed by atoms with Crippen molar-refractivity contribution >= 4 is 17.4 Å². The van der Waals surface area contributed by atoms with Crippen LogP contribution in [0.25, 0.3) is 11.3 Å². The van der Waals surface area contributed by atoms with Gasteiger partial charge in [-0.25, -0.2) is 0 Å². The van der Waals surface area contributed by atoms with E-state index in [-0.39, 0.29) is 5.91 Å². The lowest BCUT2D eigenvalue weighted by atomic mass is 10.1. The van der Waals surface area contributed by atoms with Crippen LogP contribution in [-0.4, -0.2) is 40.6 Å². The number of carbonyl (C=O) groups excluding carboxylic acids is 1. The maximum absolute atomic E-state index is 12.6. The number of aromatic nitrogens is 2. The molecule has 2 heterocycles. The van der Waals surface area contributed by atoms with Gasteiger partial charge in [0.15, 0.2) is 0 Å². The third kappa shape index (κ3) is 2.90. The molecule has 0 atom stereocenters. The smallest absolute Gasteiger partial charge is 0.267 e. The van der Waals surface area contributed by atoms with Crippen LogP contribution in [0.15, 0.2) is 24.3 Å². The van der Waals surface area contributed by atoms with Crippen LogP contribution < -0.4 is 4.74 Å². The van der Waals surface area contributed by atoms with E-state index in [1.165, 1.54) is 18.0 Å². The van der Waals surface area contributed by atoms with Crippen LogP contribution in [0.4, 0.5) is 0 Å². The van der Waals surface area contributed by atoms with Gasteiger partial charge in [0.05, 0.1) is 7.11 Å². The van der Waals surface area contributed by atoms with Gasteiger partial charge in [-0.2, -0.15) is 0 Å². The van der Waals surface area contributed by atoms with E-state index in [0.29, 0.717) is 10.6 Å². The van der Waals surface area contributed by atoms with E-state index in [9.17, 15) is 4.79 Å². The standard InChI is InChI=1S/C15H17N3O2S/c1-20-12-7-5-11(6-8-12)13-14(21-17-16-13)15(19)18-9-3-2-4-10-18/h5-8H,2-4,9-10H2,1H3. The second-order valence-electron chi connectivity index (χ2n) is 5.03. The summed E-state index contributed by atoms with van der Waals surface area (Å²) < 4.78 is 9.12. The molecule has 1 aliphatic rings. The molecule has 0 saturated carbocycles. The van der Waals surface area contributed by atoms with Crippen molar-refractivity contribution in [1.29, 1.82) is 0 Å². The van der Waals surface area contributed by atoms with Gasteiger partial charge in [-0.3, -0.25) is 4.79 Å². The zero-order chi connectivity index (χ0) is 14.7. The van der Waals surface area contributed by atoms with Crippen molar-refractivity contribution in [3.63, 3.8) is 0 Å². The normalized spacial score (nSPS) is 15.0. The van der Waals surface area contributed by atoms with Gasteiger partial charge in [0, 0.05) is 18.7 Å². The molecule has 1 aromatic carbocycles. The Morgan fingerprint density at radius 2 is 1.90 bits per heavy atom. The number of nitrogens with zero attached hydrogens (tertiary/aromatic N) is 3. The fourth-order valence-corrected chi connectivity index (χ4v) is 3.17. The molecule has 0 spiro atoms. The second kappa shape index (κ2) is 6.22. The average Bonchev–Trinajstić information content (AvgIpc) is 3.04. The summed E-state index contributed by atoms with van der Waals surface area (Å²) in [6, 6.07) is 7.54. The first-order valence-electron chi connectivity index (χ1n) is 7.05. The minimum Gasteiger partial charge on any atom is -0.497 e. The lowest BCUT2D eigenvalue weighted by molar-refractivity contribution is 0.0730. The lowest BCUT2D eigenvalue weighted by Crippen LogP contribution is -2.35. The van der Waals surface area contributed by atoms with Crippen molar-refractivity contribution in [3.05, 3.63) is 29.1 Å². The van der Waals surface area contributed by atoms with E-state index in [1.807, 2.05) is 29.2 Å². The highest BCUT2D eigenvalue weighted by Gasteiger charge is 2.24. The molecule has 5 nitrogen and oxygen atoms in total. The highest BCUT2D eigenvalue weighted by Crippen LogP contribution is 2.27. The number of carbonyl (C=O) groups is 1. The molecule has 1 aromatic heterocycles. The number of benzene rings is 1. The third-order valence-corrected chi connectivity index (χ3v) is 4.40. The van der Waals surface area contributed by atoms with Crippen molar-refractivity contribution in [2.24, 2.45) is 0 Å². The predicted molar refractivity (Wildman–Crippen MR) is 81.7 cm³/mol. The zero-order valence-corrected chi connectivity index (χ0v) is 12.7. The Morgan fingerprint density at radius 3 is 2.57 bits per heavy atom. The summed E-state index contributed by atoms with van der Waals surface area (Å²) in [5.74, 6) is 0.835. The molecule has 1 fully saturated rings. The minimum atomic E-state index is 0.0514. The van der Waals surface area contributed by atoms with Gasteiger partial charge in [0.25, 0.3) is 5.91 Å². The van der Waals surface area contributed by atoms with E-state index in [1.54, 1.807) is 7.11 Å². The summed E-state index contributed by atoms with van der Waals surface area (Å²) in [6.07, 6.45) is 3.36. The van der Waals surface area contributed by atoms with Crippen LogP contribution in [0.5, 0.6) is 5.75 Å². The molecule has 0 radical (unpaired) electrons. The highest BCUT2D eigenvalue weighted by atomic mass is 32.1. The summed E-state index contributed by atoms with van der Waals surface area (Å²) in [5, 5.41) is 4.14. The van der Waals surface area contributed by atoms with E-state index in [2.05, 4.69) is 9.59 Å². The molecule has 1 aliphatic heterocycles. The Hall–Kier alpha value is -1.95. The van der Waals surface area contributed by atoms with Crippen LogP contribution >= 0.6 is 11.5 Å². The van der Waals surface area contributed by atoms with Crippen molar-refractivity contribution < 1.29 is 9.53 Å². The highest BCUT2D eigenvalue weighted by molar-refractivity contribution is 7.08. The van der Waals surface area contributed by atoms with Crippen molar-refractivity contribution in [2.75, 3.05) is 20.2 Å². The summed E-state index contributed by atoms with van der Waals surface area (Å²) in [6.45, 7) is 1.66. The Labute approximate surface area is 127 Å². The SMILES string of the molecule is COc1ccc(-c2nnsc2C(=O)N2CCCCC2)cc1. The molecule has 0 unspecified atom stereocenters. The number of piperidine rings is 1. The largest absolute Gasteiger partial charge is 0.497 e. The summed E-state index contributed by atoms with van der Waals surface area (Å²) in [5.41, 5.74) is 1.56. The maximum Gasteiger partial charge on any atom is 0.267 e. The molecule has 6 heteroatoms. The number of hydrogen-bond acceptors (Lipinski definition) is 5. The van der Waals surface area contributed by atoms with E-state index in [4.69, 9.17) is 4.74 Å². The predicted octanol–water partition coefficient (Wildman–Crippen LogP) is 2.84. The topological polar surface area (TPSA) is 55.3 Å². The van der Waals surface area contributed by atoms with Gasteiger partial charge in [0.2, 0.25) is 0 Å². The van der Waals surface area contributed by atoms with Gasteiger partial charge < -0.3 is 9.64 Å². The second-order valence-corrected chi connectivity index (χ2v) is 5.79. The number of ether oxygens (including phenoxy) is 1. The van der Waals surface area contributed by atoms with Gasteiger partial charge in [-0.15, -0.1) is 5.10 Å².